The zero-order chi connectivity index (χ0) is 21.2. The molecule has 2 atom stereocenters. The summed E-state index contributed by atoms with van der Waals surface area (Å²) in [6.07, 6.45) is 1.83. The van der Waals surface area contributed by atoms with Gasteiger partial charge >= 0.3 is 5.97 Å². The molecular weight excluding hydrogens is 388 g/mol. The second kappa shape index (κ2) is 6.27. The molecule has 0 aromatic heterocycles. The summed E-state index contributed by atoms with van der Waals surface area (Å²) >= 11 is 0. The molecule has 0 fully saturated rings. The standard InChI is InChI=1S/C27H20O4/c1-26-16-23(27(2,31-30-26)22-14-8-7-13-21(22)26)25(28)29-24-19-11-5-3-9-17(19)15-18-10-4-6-12-20(18)24/h3-16H,1-2H3. The number of carbonyl (C=O) groups is 1. The number of esters is 1. The summed E-state index contributed by atoms with van der Waals surface area (Å²) in [5.74, 6) is 0.122. The van der Waals surface area contributed by atoms with Crippen LogP contribution in [0, 0.1) is 0 Å². The molecule has 2 bridgehead atoms. The highest BCUT2D eigenvalue weighted by molar-refractivity contribution is 6.07. The maximum absolute atomic E-state index is 13.6. The molecule has 0 saturated carbocycles. The van der Waals surface area contributed by atoms with E-state index in [4.69, 9.17) is 14.5 Å². The molecular formula is C27H20O4. The van der Waals surface area contributed by atoms with Gasteiger partial charge in [-0.1, -0.05) is 72.8 Å². The van der Waals surface area contributed by atoms with E-state index in [0.717, 1.165) is 32.7 Å². The lowest BCUT2D eigenvalue weighted by atomic mass is 9.72. The van der Waals surface area contributed by atoms with E-state index in [1.165, 1.54) is 0 Å². The van der Waals surface area contributed by atoms with Crippen molar-refractivity contribution in [3.05, 3.63) is 102 Å². The predicted octanol–water partition coefficient (Wildman–Crippen LogP) is 5.93. The van der Waals surface area contributed by atoms with Gasteiger partial charge in [0.25, 0.3) is 0 Å². The van der Waals surface area contributed by atoms with Crippen molar-refractivity contribution in [1.29, 1.82) is 0 Å². The number of carbonyl (C=O) groups excluding carboxylic acids is 1. The largest absolute Gasteiger partial charge is 0.422 e. The minimum atomic E-state index is -1.04. The van der Waals surface area contributed by atoms with Gasteiger partial charge in [-0.3, -0.25) is 0 Å². The van der Waals surface area contributed by atoms with Crippen LogP contribution in [0.15, 0.2) is 90.5 Å². The highest BCUT2D eigenvalue weighted by Gasteiger charge is 2.54. The van der Waals surface area contributed by atoms with Gasteiger partial charge in [-0.05, 0) is 47.9 Å². The smallest absolute Gasteiger partial charge is 0.342 e. The summed E-state index contributed by atoms with van der Waals surface area (Å²) in [6, 6.07) is 25.9. The first-order chi connectivity index (χ1) is 15.0. The quantitative estimate of drug-likeness (QED) is 0.178. The third-order valence-corrected chi connectivity index (χ3v) is 6.43. The van der Waals surface area contributed by atoms with Gasteiger partial charge < -0.3 is 4.74 Å². The maximum atomic E-state index is 13.6. The highest BCUT2D eigenvalue weighted by Crippen LogP contribution is 2.52. The number of hydrogen-bond acceptors (Lipinski definition) is 4. The molecule has 2 unspecified atom stereocenters. The monoisotopic (exact) mass is 408 g/mol. The highest BCUT2D eigenvalue weighted by atomic mass is 17.2. The van der Waals surface area contributed by atoms with Crippen LogP contribution in [0.4, 0.5) is 0 Å². The van der Waals surface area contributed by atoms with Crippen molar-refractivity contribution in [3.63, 3.8) is 0 Å². The fraction of sp³-hybridized carbons (Fsp3) is 0.148. The lowest BCUT2D eigenvalue weighted by Crippen LogP contribution is -2.49. The van der Waals surface area contributed by atoms with E-state index in [1.54, 1.807) is 0 Å². The first-order valence-corrected chi connectivity index (χ1v) is 10.3. The Balaban J connectivity index is 1.50. The topological polar surface area (TPSA) is 44.8 Å². The summed E-state index contributed by atoms with van der Waals surface area (Å²) in [7, 11) is 0. The zero-order valence-corrected chi connectivity index (χ0v) is 17.2. The van der Waals surface area contributed by atoms with E-state index in [0.29, 0.717) is 11.3 Å². The molecule has 152 valence electrons. The Morgan fingerprint density at radius 2 is 1.35 bits per heavy atom. The molecule has 0 N–H and O–H groups in total. The summed E-state index contributed by atoms with van der Waals surface area (Å²) in [5, 5.41) is 3.83. The Morgan fingerprint density at radius 3 is 2.03 bits per heavy atom. The summed E-state index contributed by atoms with van der Waals surface area (Å²) in [4.78, 5) is 25.0. The minimum absolute atomic E-state index is 0.437. The second-order valence-corrected chi connectivity index (χ2v) is 8.45. The molecule has 1 aliphatic carbocycles. The van der Waals surface area contributed by atoms with Crippen molar-refractivity contribution in [2.75, 3.05) is 0 Å². The Hall–Kier alpha value is -3.47. The van der Waals surface area contributed by atoms with Crippen LogP contribution in [-0.2, 0) is 25.8 Å². The van der Waals surface area contributed by atoms with E-state index in [9.17, 15) is 4.79 Å². The number of benzene rings is 4. The SMILES string of the molecule is CC12C=C(C(=O)Oc3c4ccccc4cc4ccccc34)C(C)(OO1)c1ccccc12. The fourth-order valence-corrected chi connectivity index (χ4v) is 4.78. The first-order valence-electron chi connectivity index (χ1n) is 10.3. The second-order valence-electron chi connectivity index (χ2n) is 8.45. The third kappa shape index (κ3) is 2.52. The van der Waals surface area contributed by atoms with Crippen LogP contribution in [0.3, 0.4) is 0 Å². The Morgan fingerprint density at radius 1 is 0.774 bits per heavy atom. The van der Waals surface area contributed by atoms with Crippen molar-refractivity contribution in [3.8, 4) is 5.75 Å². The van der Waals surface area contributed by atoms with Gasteiger partial charge in [0.05, 0.1) is 5.57 Å². The molecule has 2 aliphatic heterocycles. The molecule has 2 heterocycles. The minimum Gasteiger partial charge on any atom is -0.422 e. The molecule has 4 aromatic carbocycles. The number of rotatable bonds is 2. The molecule has 4 nitrogen and oxygen atoms in total. The third-order valence-electron chi connectivity index (χ3n) is 6.43. The summed E-state index contributed by atoms with van der Waals surface area (Å²) < 4.78 is 6.12. The van der Waals surface area contributed by atoms with Gasteiger partial charge in [-0.2, -0.15) is 0 Å². The van der Waals surface area contributed by atoms with Gasteiger partial charge in [0, 0.05) is 10.8 Å². The molecule has 0 spiro atoms. The zero-order valence-electron chi connectivity index (χ0n) is 17.2. The lowest BCUT2D eigenvalue weighted by molar-refractivity contribution is -0.418. The van der Waals surface area contributed by atoms with Crippen molar-refractivity contribution in [2.45, 2.75) is 25.0 Å². The molecule has 4 aromatic rings. The molecule has 31 heavy (non-hydrogen) atoms. The molecule has 4 heteroatoms. The van der Waals surface area contributed by atoms with Gasteiger partial charge in [0.1, 0.15) is 11.4 Å². The average Bonchev–Trinajstić information content (AvgIpc) is 2.80. The molecule has 7 rings (SSSR count). The van der Waals surface area contributed by atoms with Crippen LogP contribution in [0.25, 0.3) is 21.5 Å². The fourth-order valence-electron chi connectivity index (χ4n) is 4.78. The normalized spacial score (nSPS) is 24.1. The Labute approximate surface area is 179 Å². The van der Waals surface area contributed by atoms with E-state index < -0.39 is 17.2 Å². The molecule has 0 radical (unpaired) electrons. The van der Waals surface area contributed by atoms with Crippen molar-refractivity contribution < 1.29 is 19.3 Å². The maximum Gasteiger partial charge on any atom is 0.342 e. The van der Waals surface area contributed by atoms with Gasteiger partial charge in [0.15, 0.2) is 5.60 Å². The van der Waals surface area contributed by atoms with E-state index >= 15 is 0 Å². The number of fused-ring (bicyclic) bond motifs is 3. The van der Waals surface area contributed by atoms with Crippen LogP contribution < -0.4 is 4.74 Å². The number of ether oxygens (including phenoxy) is 1. The van der Waals surface area contributed by atoms with E-state index in [1.807, 2.05) is 92.7 Å². The molecule has 3 aliphatic rings. The Bertz CT molecular complexity index is 1370. The van der Waals surface area contributed by atoms with Crippen molar-refractivity contribution in [1.82, 2.24) is 0 Å². The number of hydrogen-bond donors (Lipinski definition) is 0. The average molecular weight is 408 g/mol. The van der Waals surface area contributed by atoms with Gasteiger partial charge in [-0.15, -0.1) is 0 Å². The van der Waals surface area contributed by atoms with Crippen LogP contribution in [0.5, 0.6) is 5.75 Å². The van der Waals surface area contributed by atoms with Crippen LogP contribution in [-0.4, -0.2) is 5.97 Å². The predicted molar refractivity (Wildman–Crippen MR) is 118 cm³/mol. The Kier molecular flexibility index (Phi) is 3.70. The summed E-state index contributed by atoms with van der Waals surface area (Å²) in [6.45, 7) is 3.74. The lowest BCUT2D eigenvalue weighted by Gasteiger charge is -2.47. The molecule has 0 saturated heterocycles. The van der Waals surface area contributed by atoms with Crippen molar-refractivity contribution in [2.24, 2.45) is 0 Å². The molecule has 0 amide bonds. The van der Waals surface area contributed by atoms with Crippen LogP contribution in [0.2, 0.25) is 0 Å². The first kappa shape index (κ1) is 18.3. The van der Waals surface area contributed by atoms with Crippen LogP contribution in [0.1, 0.15) is 25.0 Å². The van der Waals surface area contributed by atoms with E-state index in [2.05, 4.69) is 6.07 Å². The summed E-state index contributed by atoms with van der Waals surface area (Å²) in [5.41, 5.74) is 0.476. The van der Waals surface area contributed by atoms with Crippen LogP contribution >= 0.6 is 0 Å². The van der Waals surface area contributed by atoms with E-state index in [-0.39, 0.29) is 0 Å². The van der Waals surface area contributed by atoms with Gasteiger partial charge in [-0.25, -0.2) is 14.6 Å². The van der Waals surface area contributed by atoms with Crippen molar-refractivity contribution >= 4 is 27.5 Å². The van der Waals surface area contributed by atoms with Gasteiger partial charge in [0.2, 0.25) is 0 Å².